The summed E-state index contributed by atoms with van der Waals surface area (Å²) in [6.45, 7) is 8.07. The Morgan fingerprint density at radius 3 is 2.50 bits per heavy atom. The SMILES string of the molecule is CC(=O)N1CCC[C@@H](C(=O)N2CCC[C@H]2c2ccc(C)c(C)c2)C1. The van der Waals surface area contributed by atoms with Crippen molar-refractivity contribution in [3.05, 3.63) is 34.9 Å². The zero-order valence-electron chi connectivity index (χ0n) is 15.0. The molecule has 2 amide bonds. The van der Waals surface area contributed by atoms with Crippen molar-refractivity contribution in [1.29, 1.82) is 0 Å². The molecule has 0 saturated carbocycles. The highest BCUT2D eigenvalue weighted by molar-refractivity contribution is 5.81. The minimum absolute atomic E-state index is 0.0326. The Kier molecular flexibility index (Phi) is 4.93. The molecule has 3 rings (SSSR count). The van der Waals surface area contributed by atoms with Gasteiger partial charge in [-0.1, -0.05) is 18.2 Å². The van der Waals surface area contributed by atoms with Crippen molar-refractivity contribution >= 4 is 11.8 Å². The van der Waals surface area contributed by atoms with E-state index in [1.165, 1.54) is 16.7 Å². The van der Waals surface area contributed by atoms with E-state index in [0.29, 0.717) is 6.54 Å². The lowest BCUT2D eigenvalue weighted by Gasteiger charge is -2.35. The van der Waals surface area contributed by atoms with Crippen LogP contribution < -0.4 is 0 Å². The summed E-state index contributed by atoms with van der Waals surface area (Å²) in [4.78, 5) is 28.6. The molecule has 1 aromatic carbocycles. The molecule has 0 N–H and O–H groups in total. The fourth-order valence-corrected chi connectivity index (χ4v) is 4.05. The van der Waals surface area contributed by atoms with E-state index in [-0.39, 0.29) is 23.8 Å². The van der Waals surface area contributed by atoms with E-state index in [4.69, 9.17) is 0 Å². The number of carbonyl (C=O) groups excluding carboxylic acids is 2. The first-order chi connectivity index (χ1) is 11.5. The van der Waals surface area contributed by atoms with Crippen molar-refractivity contribution in [2.45, 2.75) is 52.5 Å². The lowest BCUT2D eigenvalue weighted by atomic mass is 9.94. The van der Waals surface area contributed by atoms with Crippen LogP contribution in [0.25, 0.3) is 0 Å². The lowest BCUT2D eigenvalue weighted by molar-refractivity contribution is -0.140. The predicted octanol–water partition coefficient (Wildman–Crippen LogP) is 3.23. The third kappa shape index (κ3) is 3.33. The summed E-state index contributed by atoms with van der Waals surface area (Å²) in [6, 6.07) is 6.75. The van der Waals surface area contributed by atoms with Gasteiger partial charge in [0.1, 0.15) is 0 Å². The fraction of sp³-hybridized carbons (Fsp3) is 0.600. The molecule has 0 spiro atoms. The topological polar surface area (TPSA) is 40.6 Å². The number of carbonyl (C=O) groups is 2. The molecule has 24 heavy (non-hydrogen) atoms. The largest absolute Gasteiger partial charge is 0.342 e. The summed E-state index contributed by atoms with van der Waals surface area (Å²) in [5, 5.41) is 0. The molecule has 0 aliphatic carbocycles. The summed E-state index contributed by atoms with van der Waals surface area (Å²) in [5.74, 6) is 0.288. The van der Waals surface area contributed by atoms with Gasteiger partial charge in [-0.3, -0.25) is 9.59 Å². The van der Waals surface area contributed by atoms with E-state index in [2.05, 4.69) is 36.9 Å². The Balaban J connectivity index is 1.76. The van der Waals surface area contributed by atoms with E-state index >= 15 is 0 Å². The molecule has 2 saturated heterocycles. The van der Waals surface area contributed by atoms with Crippen molar-refractivity contribution in [2.24, 2.45) is 5.92 Å². The highest BCUT2D eigenvalue weighted by atomic mass is 16.2. The minimum atomic E-state index is -0.0326. The van der Waals surface area contributed by atoms with Gasteiger partial charge in [0, 0.05) is 26.6 Å². The van der Waals surface area contributed by atoms with E-state index < -0.39 is 0 Å². The number of nitrogens with zero attached hydrogens (tertiary/aromatic N) is 2. The Labute approximate surface area is 144 Å². The van der Waals surface area contributed by atoms with Gasteiger partial charge in [-0.15, -0.1) is 0 Å². The van der Waals surface area contributed by atoms with E-state index in [0.717, 1.165) is 38.8 Å². The maximum Gasteiger partial charge on any atom is 0.227 e. The molecule has 0 bridgehead atoms. The average molecular weight is 328 g/mol. The summed E-state index contributed by atoms with van der Waals surface area (Å²) in [6.07, 6.45) is 3.93. The van der Waals surface area contributed by atoms with Crippen molar-refractivity contribution in [3.8, 4) is 0 Å². The number of likely N-dealkylation sites (tertiary alicyclic amines) is 2. The zero-order valence-corrected chi connectivity index (χ0v) is 15.0. The van der Waals surface area contributed by atoms with Crippen LogP contribution in [0.15, 0.2) is 18.2 Å². The van der Waals surface area contributed by atoms with E-state index in [9.17, 15) is 9.59 Å². The molecule has 2 atom stereocenters. The van der Waals surface area contributed by atoms with Crippen LogP contribution in [0.4, 0.5) is 0 Å². The van der Waals surface area contributed by atoms with Gasteiger partial charge in [0.15, 0.2) is 0 Å². The first kappa shape index (κ1) is 17.0. The first-order valence-electron chi connectivity index (χ1n) is 9.10. The highest BCUT2D eigenvalue weighted by Crippen LogP contribution is 2.35. The fourth-order valence-electron chi connectivity index (χ4n) is 4.05. The molecule has 1 aromatic rings. The number of piperidine rings is 1. The van der Waals surface area contributed by atoms with Crippen LogP contribution in [-0.4, -0.2) is 41.2 Å². The van der Waals surface area contributed by atoms with Gasteiger partial charge in [-0.05, 0) is 56.2 Å². The summed E-state index contributed by atoms with van der Waals surface area (Å²) in [7, 11) is 0. The third-order valence-electron chi connectivity index (χ3n) is 5.67. The standard InChI is InChI=1S/C20H28N2O2/c1-14-8-9-17(12-15(14)2)19-7-5-11-22(19)20(24)18-6-4-10-21(13-18)16(3)23/h8-9,12,18-19H,4-7,10-11,13H2,1-3H3/t18-,19+/m1/s1. The van der Waals surface area contributed by atoms with Crippen molar-refractivity contribution in [1.82, 2.24) is 9.80 Å². The second kappa shape index (κ2) is 6.96. The van der Waals surface area contributed by atoms with Gasteiger partial charge in [-0.2, -0.15) is 0 Å². The Morgan fingerprint density at radius 2 is 1.79 bits per heavy atom. The van der Waals surface area contributed by atoms with Crippen LogP contribution in [-0.2, 0) is 9.59 Å². The maximum absolute atomic E-state index is 13.1. The number of rotatable bonds is 2. The van der Waals surface area contributed by atoms with Crippen LogP contribution in [0, 0.1) is 19.8 Å². The van der Waals surface area contributed by atoms with Gasteiger partial charge >= 0.3 is 0 Å². The molecule has 4 heteroatoms. The summed E-state index contributed by atoms with van der Waals surface area (Å²) >= 11 is 0. The number of benzene rings is 1. The minimum Gasteiger partial charge on any atom is -0.342 e. The number of aryl methyl sites for hydroxylation is 2. The molecule has 130 valence electrons. The smallest absolute Gasteiger partial charge is 0.227 e. The first-order valence-corrected chi connectivity index (χ1v) is 9.10. The van der Waals surface area contributed by atoms with Gasteiger partial charge in [-0.25, -0.2) is 0 Å². The second-order valence-corrected chi connectivity index (χ2v) is 7.34. The zero-order chi connectivity index (χ0) is 17.3. The molecule has 2 aliphatic rings. The molecule has 0 unspecified atom stereocenters. The van der Waals surface area contributed by atoms with Crippen molar-refractivity contribution in [2.75, 3.05) is 19.6 Å². The predicted molar refractivity (Wildman–Crippen MR) is 94.6 cm³/mol. The van der Waals surface area contributed by atoms with Crippen LogP contribution in [0.5, 0.6) is 0 Å². The van der Waals surface area contributed by atoms with Gasteiger partial charge in [0.25, 0.3) is 0 Å². The second-order valence-electron chi connectivity index (χ2n) is 7.34. The molecule has 2 heterocycles. The molecular formula is C20H28N2O2. The monoisotopic (exact) mass is 328 g/mol. The Morgan fingerprint density at radius 1 is 1.04 bits per heavy atom. The van der Waals surface area contributed by atoms with Crippen LogP contribution >= 0.6 is 0 Å². The van der Waals surface area contributed by atoms with Crippen LogP contribution in [0.3, 0.4) is 0 Å². The number of hydrogen-bond acceptors (Lipinski definition) is 2. The van der Waals surface area contributed by atoms with Crippen LogP contribution in [0.1, 0.15) is 55.3 Å². The molecule has 0 radical (unpaired) electrons. The normalized spacial score (nSPS) is 24.3. The number of amides is 2. The molecule has 4 nitrogen and oxygen atoms in total. The van der Waals surface area contributed by atoms with Gasteiger partial charge < -0.3 is 9.80 Å². The van der Waals surface area contributed by atoms with Crippen LogP contribution in [0.2, 0.25) is 0 Å². The van der Waals surface area contributed by atoms with Crippen molar-refractivity contribution in [3.63, 3.8) is 0 Å². The van der Waals surface area contributed by atoms with E-state index in [1.54, 1.807) is 6.92 Å². The Bertz CT molecular complexity index is 641. The lowest BCUT2D eigenvalue weighted by Crippen LogP contribution is -2.46. The Hall–Kier alpha value is -1.84. The van der Waals surface area contributed by atoms with E-state index in [1.807, 2.05) is 4.90 Å². The molecular weight excluding hydrogens is 300 g/mol. The number of hydrogen-bond donors (Lipinski definition) is 0. The van der Waals surface area contributed by atoms with Gasteiger partial charge in [0.2, 0.25) is 11.8 Å². The van der Waals surface area contributed by atoms with Crippen molar-refractivity contribution < 1.29 is 9.59 Å². The molecule has 2 fully saturated rings. The quantitative estimate of drug-likeness (QED) is 0.836. The summed E-state index contributed by atoms with van der Waals surface area (Å²) in [5.41, 5.74) is 3.83. The highest BCUT2D eigenvalue weighted by Gasteiger charge is 2.36. The maximum atomic E-state index is 13.1. The molecule has 0 aromatic heterocycles. The van der Waals surface area contributed by atoms with Gasteiger partial charge in [0.05, 0.1) is 12.0 Å². The third-order valence-corrected chi connectivity index (χ3v) is 5.67. The summed E-state index contributed by atoms with van der Waals surface area (Å²) < 4.78 is 0. The average Bonchev–Trinajstić information content (AvgIpc) is 3.06. The molecule has 2 aliphatic heterocycles.